The number of rotatable bonds is 7. The van der Waals surface area contributed by atoms with Gasteiger partial charge in [-0.15, -0.1) is 0 Å². The Morgan fingerprint density at radius 1 is 1.25 bits per heavy atom. The second-order valence-electron chi connectivity index (χ2n) is 5.74. The van der Waals surface area contributed by atoms with Gasteiger partial charge in [0.15, 0.2) is 6.61 Å². The molecule has 0 saturated carbocycles. The topological polar surface area (TPSA) is 68.7 Å². The van der Waals surface area contributed by atoms with Gasteiger partial charge in [0, 0.05) is 24.4 Å². The van der Waals surface area contributed by atoms with E-state index < -0.39 is 5.97 Å². The molecule has 0 radical (unpaired) electrons. The maximum atomic E-state index is 10.7. The highest BCUT2D eigenvalue weighted by Gasteiger charge is 2.13. The fourth-order valence-corrected chi connectivity index (χ4v) is 2.48. The van der Waals surface area contributed by atoms with Crippen molar-refractivity contribution in [2.75, 3.05) is 6.61 Å². The number of carboxylic acid groups (broad SMARTS) is 1. The Labute approximate surface area is 142 Å². The van der Waals surface area contributed by atoms with Crippen molar-refractivity contribution >= 4 is 5.97 Å². The van der Waals surface area contributed by atoms with E-state index in [0.717, 1.165) is 28.9 Å². The highest BCUT2D eigenvalue weighted by atomic mass is 16.5. The first-order chi connectivity index (χ1) is 11.5. The lowest BCUT2D eigenvalue weighted by Gasteiger charge is -2.10. The molecule has 1 aromatic heterocycles. The quantitative estimate of drug-likeness (QED) is 0.824. The van der Waals surface area contributed by atoms with Crippen molar-refractivity contribution < 1.29 is 19.4 Å². The number of allylic oxidation sites excluding steroid dienone is 4. The lowest BCUT2D eigenvalue weighted by atomic mass is 10.1. The molecule has 0 saturated heterocycles. The van der Waals surface area contributed by atoms with E-state index in [1.54, 1.807) is 0 Å². The minimum Gasteiger partial charge on any atom is -0.493 e. The second-order valence-corrected chi connectivity index (χ2v) is 5.74. The third-order valence-electron chi connectivity index (χ3n) is 3.73. The number of aromatic nitrogens is 1. The molecule has 1 N–H and O–H groups in total. The Kier molecular flexibility index (Phi) is 6.18. The average Bonchev–Trinajstić information content (AvgIpc) is 2.70. The van der Waals surface area contributed by atoms with Gasteiger partial charge in [-0.05, 0) is 49.1 Å². The maximum absolute atomic E-state index is 10.7. The number of pyridine rings is 1. The molecule has 128 valence electrons. The Bertz CT molecular complexity index is 701. The van der Waals surface area contributed by atoms with Crippen LogP contribution < -0.4 is 0 Å². The van der Waals surface area contributed by atoms with E-state index in [1.807, 2.05) is 38.4 Å². The molecular weight excluding hydrogens is 306 g/mol. The molecule has 0 fully saturated rings. The molecule has 1 aromatic rings. The van der Waals surface area contributed by atoms with E-state index in [9.17, 15) is 4.79 Å². The Morgan fingerprint density at radius 3 is 2.71 bits per heavy atom. The number of carboxylic acids is 1. The van der Waals surface area contributed by atoms with Crippen molar-refractivity contribution in [3.63, 3.8) is 0 Å². The van der Waals surface area contributed by atoms with Crippen LogP contribution in [0.15, 0.2) is 53.3 Å². The first-order valence-corrected chi connectivity index (χ1v) is 7.98. The molecule has 0 aliphatic heterocycles. The summed E-state index contributed by atoms with van der Waals surface area (Å²) < 4.78 is 11.3. The van der Waals surface area contributed by atoms with E-state index >= 15 is 0 Å². The molecule has 0 spiro atoms. The third kappa shape index (κ3) is 4.98. The molecule has 1 aliphatic carbocycles. The fraction of sp³-hybridized carbons (Fsp3) is 0.368. The van der Waals surface area contributed by atoms with E-state index in [0.29, 0.717) is 18.8 Å². The normalized spacial score (nSPS) is 14.6. The third-order valence-corrected chi connectivity index (χ3v) is 3.73. The summed E-state index contributed by atoms with van der Waals surface area (Å²) in [5, 5.41) is 8.78. The average molecular weight is 329 g/mol. The van der Waals surface area contributed by atoms with E-state index in [1.165, 1.54) is 5.56 Å². The summed E-state index contributed by atoms with van der Waals surface area (Å²) >= 11 is 0. The van der Waals surface area contributed by atoms with Crippen molar-refractivity contribution in [3.8, 4) is 0 Å². The fourth-order valence-electron chi connectivity index (χ4n) is 2.48. The van der Waals surface area contributed by atoms with Crippen LogP contribution in [-0.4, -0.2) is 22.7 Å². The van der Waals surface area contributed by atoms with Gasteiger partial charge in [-0.2, -0.15) is 0 Å². The molecule has 0 unspecified atom stereocenters. The summed E-state index contributed by atoms with van der Waals surface area (Å²) in [6.07, 6.45) is 9.14. The molecule has 0 bridgehead atoms. The SMILES string of the molecule is CCc1cncc(COC2=CC(C)=C(OCC(=O)O)C(C)=CC2)c1. The predicted molar refractivity (Wildman–Crippen MR) is 91.1 cm³/mol. The molecular formula is C19H23NO4. The highest BCUT2D eigenvalue weighted by Crippen LogP contribution is 2.25. The number of hydrogen-bond donors (Lipinski definition) is 1. The summed E-state index contributed by atoms with van der Waals surface area (Å²) in [6, 6.07) is 2.09. The Morgan fingerprint density at radius 2 is 2.00 bits per heavy atom. The minimum atomic E-state index is -0.990. The van der Waals surface area contributed by atoms with Gasteiger partial charge in [0.05, 0.1) is 0 Å². The molecule has 2 rings (SSSR count). The van der Waals surface area contributed by atoms with E-state index in [2.05, 4.69) is 18.0 Å². The van der Waals surface area contributed by atoms with Gasteiger partial charge < -0.3 is 14.6 Å². The lowest BCUT2D eigenvalue weighted by Crippen LogP contribution is -2.08. The van der Waals surface area contributed by atoms with E-state index in [-0.39, 0.29) is 6.61 Å². The first-order valence-electron chi connectivity index (χ1n) is 7.98. The van der Waals surface area contributed by atoms with Crippen molar-refractivity contribution in [1.82, 2.24) is 4.98 Å². The standard InChI is InChI=1S/C19H23NO4/c1-4-15-8-16(10-20-9-15)11-23-17-6-5-13(2)19(14(3)7-17)24-12-18(21)22/h5,7-10H,4,6,11-12H2,1-3H3,(H,21,22). The molecule has 5 nitrogen and oxygen atoms in total. The van der Waals surface area contributed by atoms with Crippen LogP contribution >= 0.6 is 0 Å². The molecule has 5 heteroatoms. The minimum absolute atomic E-state index is 0.350. The zero-order chi connectivity index (χ0) is 17.5. The lowest BCUT2D eigenvalue weighted by molar-refractivity contribution is -0.140. The number of nitrogens with zero attached hydrogens (tertiary/aromatic N) is 1. The van der Waals surface area contributed by atoms with Gasteiger partial charge in [0.1, 0.15) is 18.1 Å². The van der Waals surface area contributed by atoms with Crippen LogP contribution in [0.25, 0.3) is 0 Å². The number of aliphatic carboxylic acids is 1. The van der Waals surface area contributed by atoms with Gasteiger partial charge in [0.2, 0.25) is 0 Å². The zero-order valence-electron chi connectivity index (χ0n) is 14.3. The largest absolute Gasteiger partial charge is 0.493 e. The molecule has 1 heterocycles. The van der Waals surface area contributed by atoms with Crippen LogP contribution in [-0.2, 0) is 27.3 Å². The molecule has 1 aliphatic rings. The van der Waals surface area contributed by atoms with Gasteiger partial charge in [-0.3, -0.25) is 4.98 Å². The number of aryl methyl sites for hydroxylation is 1. The first kappa shape index (κ1) is 17.8. The Balaban J connectivity index is 2.08. The number of hydrogen-bond acceptors (Lipinski definition) is 4. The summed E-state index contributed by atoms with van der Waals surface area (Å²) in [5.74, 6) is 0.435. The zero-order valence-corrected chi connectivity index (χ0v) is 14.3. The van der Waals surface area contributed by atoms with Gasteiger partial charge in [-0.1, -0.05) is 13.0 Å². The van der Waals surface area contributed by atoms with Gasteiger partial charge in [0.25, 0.3) is 0 Å². The van der Waals surface area contributed by atoms with Crippen molar-refractivity contribution in [2.45, 2.75) is 40.2 Å². The van der Waals surface area contributed by atoms with Crippen molar-refractivity contribution in [2.24, 2.45) is 0 Å². The Hall–Kier alpha value is -2.56. The van der Waals surface area contributed by atoms with Gasteiger partial charge >= 0.3 is 5.97 Å². The van der Waals surface area contributed by atoms with Crippen molar-refractivity contribution in [3.05, 3.63) is 64.4 Å². The van der Waals surface area contributed by atoms with Crippen molar-refractivity contribution in [1.29, 1.82) is 0 Å². The van der Waals surface area contributed by atoms with Crippen LogP contribution in [0.3, 0.4) is 0 Å². The van der Waals surface area contributed by atoms with Crippen LogP contribution in [0.5, 0.6) is 0 Å². The monoisotopic (exact) mass is 329 g/mol. The highest BCUT2D eigenvalue weighted by molar-refractivity contribution is 5.68. The number of ether oxygens (including phenoxy) is 2. The number of carbonyl (C=O) groups is 1. The van der Waals surface area contributed by atoms with Crippen LogP contribution in [0.4, 0.5) is 0 Å². The summed E-state index contributed by atoms with van der Waals surface area (Å²) in [6.45, 7) is 6.00. The summed E-state index contributed by atoms with van der Waals surface area (Å²) in [4.78, 5) is 14.9. The second kappa shape index (κ2) is 8.34. The molecule has 0 amide bonds. The van der Waals surface area contributed by atoms with Crippen LogP contribution in [0.1, 0.15) is 38.3 Å². The van der Waals surface area contributed by atoms with E-state index in [4.69, 9.17) is 14.6 Å². The predicted octanol–water partition coefficient (Wildman–Crippen LogP) is 3.77. The maximum Gasteiger partial charge on any atom is 0.341 e. The smallest absolute Gasteiger partial charge is 0.341 e. The van der Waals surface area contributed by atoms with Crippen LogP contribution in [0, 0.1) is 0 Å². The van der Waals surface area contributed by atoms with Crippen LogP contribution in [0.2, 0.25) is 0 Å². The molecule has 0 aromatic carbocycles. The summed E-state index contributed by atoms with van der Waals surface area (Å²) in [5.41, 5.74) is 3.99. The summed E-state index contributed by atoms with van der Waals surface area (Å²) in [7, 11) is 0. The molecule has 24 heavy (non-hydrogen) atoms. The molecule has 0 atom stereocenters. The van der Waals surface area contributed by atoms with Gasteiger partial charge in [-0.25, -0.2) is 4.79 Å².